The first kappa shape index (κ1) is 24.4. The highest BCUT2D eigenvalue weighted by Gasteiger charge is 2.31. The van der Waals surface area contributed by atoms with Crippen LogP contribution in [-0.2, 0) is 4.74 Å². The van der Waals surface area contributed by atoms with Crippen molar-refractivity contribution in [2.75, 3.05) is 44.1 Å². The predicted octanol–water partition coefficient (Wildman–Crippen LogP) is 3.58. The number of carbonyl (C=O) groups excluding carboxylic acids is 1. The van der Waals surface area contributed by atoms with Gasteiger partial charge in [0, 0.05) is 20.2 Å². The van der Waals surface area contributed by atoms with E-state index in [1.54, 1.807) is 7.11 Å². The van der Waals surface area contributed by atoms with E-state index in [-0.39, 0.29) is 17.5 Å². The van der Waals surface area contributed by atoms with Crippen molar-refractivity contribution in [3.05, 3.63) is 52.2 Å². The summed E-state index contributed by atoms with van der Waals surface area (Å²) in [7, 11) is 3.03. The van der Waals surface area contributed by atoms with Gasteiger partial charge in [-0.15, -0.1) is 0 Å². The number of carbonyl (C=O) groups is 1. The first-order chi connectivity index (χ1) is 17.0. The Hall–Kier alpha value is -3.75. The largest absolute Gasteiger partial charge is 0.491 e. The highest BCUT2D eigenvalue weighted by Crippen LogP contribution is 2.38. The fourth-order valence-corrected chi connectivity index (χ4v) is 4.59. The lowest BCUT2D eigenvalue weighted by Gasteiger charge is -2.26. The predicted molar refractivity (Wildman–Crippen MR) is 133 cm³/mol. The van der Waals surface area contributed by atoms with E-state index in [4.69, 9.17) is 19.7 Å². The smallest absolute Gasteiger partial charge is 0.274 e. The number of thiazole rings is 1. The maximum absolute atomic E-state index is 13.1. The highest BCUT2D eigenvalue weighted by atomic mass is 32.1. The average molecular weight is 494 g/mol. The van der Waals surface area contributed by atoms with Crippen LogP contribution in [0.3, 0.4) is 0 Å². The highest BCUT2D eigenvalue weighted by molar-refractivity contribution is 7.16. The van der Waals surface area contributed by atoms with Gasteiger partial charge in [-0.25, -0.2) is 9.97 Å². The van der Waals surface area contributed by atoms with Crippen molar-refractivity contribution in [3.63, 3.8) is 0 Å². The lowest BCUT2D eigenvalue weighted by Crippen LogP contribution is -2.30. The average Bonchev–Trinajstić information content (AvgIpc) is 3.54. The minimum Gasteiger partial charge on any atom is -0.491 e. The number of ether oxygens (including phenoxy) is 2. The van der Waals surface area contributed by atoms with Crippen molar-refractivity contribution in [3.8, 4) is 11.8 Å². The molecule has 3 aromatic rings. The molecular formula is C24H27N7O3S. The standard InChI is InChI=1S/C24H27N7O3S/c1-15-6-8-16(9-7-15)18-5-4-11-31(18)23-28-19(22(32)26-10-12-33-2)20(34-3)21(29-23)30-24-27-14-17(13-25)35-24/h6-9,14,18H,4-5,10-12H2,1-3H3,(H,26,32)(H,27,28,29,30)/t18-/m0/s1. The van der Waals surface area contributed by atoms with Crippen LogP contribution >= 0.6 is 11.3 Å². The number of rotatable bonds is 9. The van der Waals surface area contributed by atoms with Crippen LogP contribution in [0.25, 0.3) is 0 Å². The second-order valence-electron chi connectivity index (χ2n) is 8.03. The summed E-state index contributed by atoms with van der Waals surface area (Å²) in [6.45, 7) is 3.51. The van der Waals surface area contributed by atoms with Gasteiger partial charge in [0.2, 0.25) is 5.95 Å². The van der Waals surface area contributed by atoms with Gasteiger partial charge >= 0.3 is 0 Å². The number of aryl methyl sites for hydroxylation is 1. The number of benzene rings is 1. The zero-order valence-corrected chi connectivity index (χ0v) is 20.7. The third-order valence-corrected chi connectivity index (χ3v) is 6.50. The van der Waals surface area contributed by atoms with Crippen molar-refractivity contribution in [1.82, 2.24) is 20.3 Å². The van der Waals surface area contributed by atoms with Crippen LogP contribution in [0.1, 0.15) is 45.4 Å². The normalized spacial score (nSPS) is 15.0. The lowest BCUT2D eigenvalue weighted by atomic mass is 10.0. The molecule has 1 atom stereocenters. The third-order valence-electron chi connectivity index (χ3n) is 5.68. The van der Waals surface area contributed by atoms with Crippen LogP contribution in [0.5, 0.6) is 5.75 Å². The number of amides is 1. The molecule has 0 radical (unpaired) electrons. The summed E-state index contributed by atoms with van der Waals surface area (Å²) >= 11 is 1.18. The second kappa shape index (κ2) is 11.1. The summed E-state index contributed by atoms with van der Waals surface area (Å²) in [5, 5.41) is 15.5. The Labute approximate surface area is 207 Å². The van der Waals surface area contributed by atoms with Crippen LogP contribution in [0.2, 0.25) is 0 Å². The molecule has 10 nitrogen and oxygen atoms in total. The number of anilines is 3. The van der Waals surface area contributed by atoms with Crippen molar-refractivity contribution in [2.45, 2.75) is 25.8 Å². The molecule has 1 saturated heterocycles. The quantitative estimate of drug-likeness (QED) is 0.430. The van der Waals surface area contributed by atoms with Gasteiger partial charge in [0.05, 0.1) is 26.0 Å². The number of hydrogen-bond donors (Lipinski definition) is 2. The Morgan fingerprint density at radius 3 is 2.77 bits per heavy atom. The fourth-order valence-electron chi connectivity index (χ4n) is 3.98. The van der Waals surface area contributed by atoms with Crippen LogP contribution in [-0.4, -0.2) is 54.8 Å². The Kier molecular flexibility index (Phi) is 7.74. The first-order valence-electron chi connectivity index (χ1n) is 11.2. The molecule has 0 spiro atoms. The SMILES string of the molecule is COCCNC(=O)c1nc(N2CCC[C@H]2c2ccc(C)cc2)nc(Nc2ncc(C#N)s2)c1OC. The third kappa shape index (κ3) is 5.50. The van der Waals surface area contributed by atoms with Gasteiger partial charge in [-0.3, -0.25) is 4.79 Å². The minimum absolute atomic E-state index is 0.0892. The lowest BCUT2D eigenvalue weighted by molar-refractivity contribution is 0.0928. The molecule has 35 heavy (non-hydrogen) atoms. The van der Waals surface area contributed by atoms with E-state index >= 15 is 0 Å². The van der Waals surface area contributed by atoms with E-state index in [1.165, 1.54) is 35.8 Å². The zero-order chi connectivity index (χ0) is 24.8. The number of nitrogens with zero attached hydrogens (tertiary/aromatic N) is 5. The maximum atomic E-state index is 13.1. The molecule has 0 unspecified atom stereocenters. The molecule has 1 amide bonds. The fraction of sp³-hybridized carbons (Fsp3) is 0.375. The van der Waals surface area contributed by atoms with E-state index in [1.807, 2.05) is 0 Å². The molecule has 1 aromatic carbocycles. The topological polar surface area (TPSA) is 125 Å². The molecule has 11 heteroatoms. The van der Waals surface area contributed by atoms with Crippen molar-refractivity contribution >= 4 is 34.1 Å². The molecule has 0 aliphatic carbocycles. The van der Waals surface area contributed by atoms with E-state index in [0.717, 1.165) is 19.4 Å². The van der Waals surface area contributed by atoms with Crippen molar-refractivity contribution in [2.24, 2.45) is 0 Å². The molecule has 1 aliphatic heterocycles. The molecule has 2 N–H and O–H groups in total. The minimum atomic E-state index is -0.395. The van der Waals surface area contributed by atoms with Crippen LogP contribution in [0.15, 0.2) is 30.5 Å². The van der Waals surface area contributed by atoms with E-state index in [0.29, 0.717) is 34.9 Å². The Bertz CT molecular complexity index is 1220. The summed E-state index contributed by atoms with van der Waals surface area (Å²) in [4.78, 5) is 29.3. The van der Waals surface area contributed by atoms with Gasteiger partial charge in [-0.1, -0.05) is 41.2 Å². The molecule has 0 saturated carbocycles. The molecular weight excluding hydrogens is 466 g/mol. The van der Waals surface area contributed by atoms with E-state index < -0.39 is 5.91 Å². The number of nitriles is 1. The van der Waals surface area contributed by atoms with Crippen molar-refractivity contribution in [1.29, 1.82) is 5.26 Å². The summed E-state index contributed by atoms with van der Waals surface area (Å²) in [6.07, 6.45) is 3.41. The Morgan fingerprint density at radius 2 is 2.09 bits per heavy atom. The molecule has 182 valence electrons. The van der Waals surface area contributed by atoms with Gasteiger partial charge in [0.25, 0.3) is 5.91 Å². The Morgan fingerprint density at radius 1 is 1.29 bits per heavy atom. The van der Waals surface area contributed by atoms with E-state index in [9.17, 15) is 4.79 Å². The van der Waals surface area contributed by atoms with Gasteiger partial charge in [-0.05, 0) is 25.3 Å². The summed E-state index contributed by atoms with van der Waals surface area (Å²) in [5.41, 5.74) is 2.48. The Balaban J connectivity index is 1.75. The zero-order valence-electron chi connectivity index (χ0n) is 19.9. The summed E-state index contributed by atoms with van der Waals surface area (Å²) in [6, 6.07) is 10.6. The van der Waals surface area contributed by atoms with Gasteiger partial charge in [0.15, 0.2) is 22.4 Å². The first-order valence-corrected chi connectivity index (χ1v) is 12.0. The summed E-state index contributed by atoms with van der Waals surface area (Å²) < 4.78 is 10.6. The molecule has 4 rings (SSSR count). The van der Waals surface area contributed by atoms with Gasteiger partial charge < -0.3 is 25.0 Å². The molecule has 1 aliphatic rings. The monoisotopic (exact) mass is 493 g/mol. The molecule has 0 bridgehead atoms. The summed E-state index contributed by atoms with van der Waals surface area (Å²) in [5.74, 6) is 0.533. The number of hydrogen-bond acceptors (Lipinski definition) is 10. The van der Waals surface area contributed by atoms with E-state index in [2.05, 4.69) is 62.8 Å². The molecule has 2 aromatic heterocycles. The molecule has 1 fully saturated rings. The molecule has 3 heterocycles. The maximum Gasteiger partial charge on any atom is 0.274 e. The number of nitrogens with one attached hydrogen (secondary N) is 2. The van der Waals surface area contributed by atoms with Crippen LogP contribution < -0.4 is 20.3 Å². The van der Waals surface area contributed by atoms with Gasteiger partial charge in [0.1, 0.15) is 10.9 Å². The number of methoxy groups -OCH3 is 2. The van der Waals surface area contributed by atoms with Crippen LogP contribution in [0.4, 0.5) is 16.9 Å². The van der Waals surface area contributed by atoms with Gasteiger partial charge in [-0.2, -0.15) is 10.2 Å². The van der Waals surface area contributed by atoms with Crippen molar-refractivity contribution < 1.29 is 14.3 Å². The van der Waals surface area contributed by atoms with Crippen LogP contribution in [0, 0.1) is 18.3 Å². The number of aromatic nitrogens is 3. The second-order valence-corrected chi connectivity index (χ2v) is 9.06.